The van der Waals surface area contributed by atoms with E-state index in [0.29, 0.717) is 6.04 Å². The molecule has 1 fully saturated rings. The first-order valence-corrected chi connectivity index (χ1v) is 7.49. The Balaban J connectivity index is 1.93. The topological polar surface area (TPSA) is 34.1 Å². The van der Waals surface area contributed by atoms with Crippen LogP contribution in [0.5, 0.6) is 0 Å². The lowest BCUT2D eigenvalue weighted by molar-refractivity contribution is 0.0606. The lowest BCUT2D eigenvalue weighted by Gasteiger charge is -2.32. The molecule has 106 valence electrons. The minimum atomic E-state index is 0.265. The highest BCUT2D eigenvalue weighted by Crippen LogP contribution is 2.30. The third-order valence-corrected chi connectivity index (χ3v) is 4.23. The van der Waals surface area contributed by atoms with Crippen molar-refractivity contribution < 1.29 is 4.74 Å². The first-order valence-electron chi connectivity index (χ1n) is 7.11. The van der Waals surface area contributed by atoms with Crippen LogP contribution in [0.4, 0.5) is 5.69 Å². The van der Waals surface area contributed by atoms with Crippen LogP contribution in [0.2, 0.25) is 5.02 Å². The summed E-state index contributed by atoms with van der Waals surface area (Å²) in [5.74, 6) is 0. The Labute approximate surface area is 124 Å². The molecule has 1 aromatic heterocycles. The number of pyridine rings is 1. The summed E-state index contributed by atoms with van der Waals surface area (Å²) in [7, 11) is 1.79. The molecule has 1 heterocycles. The second-order valence-corrected chi connectivity index (χ2v) is 5.77. The molecule has 1 aliphatic rings. The van der Waals surface area contributed by atoms with Crippen LogP contribution < -0.4 is 5.32 Å². The molecular weight excluding hydrogens is 272 g/mol. The number of nitrogens with one attached hydrogen (secondary N) is 1. The monoisotopic (exact) mass is 290 g/mol. The van der Waals surface area contributed by atoms with E-state index in [9.17, 15) is 0 Å². The number of nitrogens with zero attached hydrogens (tertiary/aromatic N) is 1. The maximum atomic E-state index is 6.21. The molecule has 0 radical (unpaired) electrons. The van der Waals surface area contributed by atoms with Crippen molar-refractivity contribution >= 4 is 28.2 Å². The average molecular weight is 291 g/mol. The van der Waals surface area contributed by atoms with E-state index in [4.69, 9.17) is 16.3 Å². The normalized spacial score (nSPS) is 22.9. The number of rotatable bonds is 3. The molecular formula is C16H19ClN2O. The summed E-state index contributed by atoms with van der Waals surface area (Å²) in [6.45, 7) is 0. The van der Waals surface area contributed by atoms with Crippen molar-refractivity contribution in [1.82, 2.24) is 4.98 Å². The molecule has 0 bridgehead atoms. The quantitative estimate of drug-likeness (QED) is 0.917. The fourth-order valence-electron chi connectivity index (χ4n) is 3.01. The highest BCUT2D eigenvalue weighted by molar-refractivity contribution is 6.31. The number of ether oxygens (including phenoxy) is 1. The zero-order valence-corrected chi connectivity index (χ0v) is 12.4. The smallest absolute Gasteiger partial charge is 0.0934 e. The molecule has 0 spiro atoms. The number of benzene rings is 1. The summed E-state index contributed by atoms with van der Waals surface area (Å²) in [6, 6.07) is 8.20. The molecule has 2 unspecified atom stereocenters. The lowest BCUT2D eigenvalue weighted by atomic mass is 9.92. The minimum absolute atomic E-state index is 0.265. The van der Waals surface area contributed by atoms with Crippen molar-refractivity contribution in [1.29, 1.82) is 0 Å². The van der Waals surface area contributed by atoms with Gasteiger partial charge < -0.3 is 10.1 Å². The van der Waals surface area contributed by atoms with Crippen LogP contribution in [0.3, 0.4) is 0 Å². The number of hydrogen-bond donors (Lipinski definition) is 1. The van der Waals surface area contributed by atoms with Gasteiger partial charge in [0.15, 0.2) is 0 Å². The van der Waals surface area contributed by atoms with Crippen LogP contribution in [-0.4, -0.2) is 24.2 Å². The molecule has 2 aromatic rings. The second-order valence-electron chi connectivity index (χ2n) is 5.34. The predicted octanol–water partition coefficient (Wildman–Crippen LogP) is 4.26. The maximum Gasteiger partial charge on any atom is 0.0934 e. The Morgan fingerprint density at radius 1 is 1.30 bits per heavy atom. The molecule has 1 aromatic carbocycles. The Hall–Kier alpha value is -1.32. The van der Waals surface area contributed by atoms with E-state index in [1.165, 1.54) is 12.8 Å². The Morgan fingerprint density at radius 3 is 3.00 bits per heavy atom. The van der Waals surface area contributed by atoms with Gasteiger partial charge in [0.2, 0.25) is 0 Å². The first-order chi connectivity index (χ1) is 9.78. The average Bonchev–Trinajstić information content (AvgIpc) is 2.47. The Morgan fingerprint density at radius 2 is 2.15 bits per heavy atom. The summed E-state index contributed by atoms with van der Waals surface area (Å²) in [5, 5.41) is 5.39. The van der Waals surface area contributed by atoms with Crippen molar-refractivity contribution in [2.45, 2.75) is 37.8 Å². The van der Waals surface area contributed by atoms with Crippen LogP contribution in [0.15, 0.2) is 30.5 Å². The highest BCUT2D eigenvalue weighted by Gasteiger charge is 2.25. The van der Waals surface area contributed by atoms with Crippen molar-refractivity contribution in [2.24, 2.45) is 0 Å². The van der Waals surface area contributed by atoms with E-state index in [1.807, 2.05) is 30.5 Å². The van der Waals surface area contributed by atoms with E-state index < -0.39 is 0 Å². The SMILES string of the molecule is COC1CCCCC1Nc1cc(Cl)cc2cccnc12. The van der Waals surface area contributed by atoms with E-state index in [0.717, 1.165) is 34.5 Å². The number of aromatic nitrogens is 1. The van der Waals surface area contributed by atoms with Crippen molar-refractivity contribution in [3.63, 3.8) is 0 Å². The third kappa shape index (κ3) is 2.74. The van der Waals surface area contributed by atoms with Crippen molar-refractivity contribution in [2.75, 3.05) is 12.4 Å². The van der Waals surface area contributed by atoms with Crippen LogP contribution in [0.25, 0.3) is 10.9 Å². The lowest BCUT2D eigenvalue weighted by Crippen LogP contribution is -2.37. The summed E-state index contributed by atoms with van der Waals surface area (Å²) < 4.78 is 5.60. The summed E-state index contributed by atoms with van der Waals surface area (Å²) in [6.07, 6.45) is 6.80. The first kappa shape index (κ1) is 13.7. The predicted molar refractivity (Wildman–Crippen MR) is 83.4 cm³/mol. The number of anilines is 1. The Bertz CT molecular complexity index is 602. The van der Waals surface area contributed by atoms with E-state index in [2.05, 4.69) is 10.3 Å². The summed E-state index contributed by atoms with van der Waals surface area (Å²) >= 11 is 6.21. The number of halogens is 1. The fraction of sp³-hybridized carbons (Fsp3) is 0.438. The molecule has 0 amide bonds. The van der Waals surface area contributed by atoms with Gasteiger partial charge in [0.25, 0.3) is 0 Å². The zero-order chi connectivity index (χ0) is 13.9. The third-order valence-electron chi connectivity index (χ3n) is 4.02. The van der Waals surface area contributed by atoms with Gasteiger partial charge in [-0.05, 0) is 31.0 Å². The Kier molecular flexibility index (Phi) is 4.08. The van der Waals surface area contributed by atoms with Gasteiger partial charge in [-0.2, -0.15) is 0 Å². The largest absolute Gasteiger partial charge is 0.379 e. The zero-order valence-electron chi connectivity index (χ0n) is 11.6. The number of hydrogen-bond acceptors (Lipinski definition) is 3. The van der Waals surface area contributed by atoms with Gasteiger partial charge in [-0.1, -0.05) is 30.5 Å². The summed E-state index contributed by atoms with van der Waals surface area (Å²) in [5.41, 5.74) is 1.97. The van der Waals surface area contributed by atoms with Crippen molar-refractivity contribution in [3.8, 4) is 0 Å². The minimum Gasteiger partial charge on any atom is -0.379 e. The second kappa shape index (κ2) is 5.98. The maximum absolute atomic E-state index is 6.21. The molecule has 0 aliphatic heterocycles. The molecule has 1 N–H and O–H groups in total. The number of methoxy groups -OCH3 is 1. The van der Waals surface area contributed by atoms with Crippen LogP contribution in [-0.2, 0) is 4.74 Å². The van der Waals surface area contributed by atoms with E-state index >= 15 is 0 Å². The van der Waals surface area contributed by atoms with Gasteiger partial charge in [0.1, 0.15) is 0 Å². The van der Waals surface area contributed by atoms with Crippen molar-refractivity contribution in [3.05, 3.63) is 35.5 Å². The molecule has 20 heavy (non-hydrogen) atoms. The fourth-order valence-corrected chi connectivity index (χ4v) is 3.24. The molecule has 1 saturated carbocycles. The molecule has 0 saturated heterocycles. The molecule has 2 atom stereocenters. The molecule has 3 nitrogen and oxygen atoms in total. The number of fused-ring (bicyclic) bond motifs is 1. The standard InChI is InChI=1S/C16H19ClN2O/c1-20-15-7-3-2-6-13(15)19-14-10-12(17)9-11-5-4-8-18-16(11)14/h4-5,8-10,13,15,19H,2-3,6-7H2,1H3. The van der Waals surface area contributed by atoms with Gasteiger partial charge in [-0.3, -0.25) is 4.98 Å². The van der Waals surface area contributed by atoms with Gasteiger partial charge in [0.05, 0.1) is 23.3 Å². The molecule has 1 aliphatic carbocycles. The highest BCUT2D eigenvalue weighted by atomic mass is 35.5. The molecule has 4 heteroatoms. The van der Waals surface area contributed by atoms with Gasteiger partial charge in [0, 0.05) is 23.7 Å². The van der Waals surface area contributed by atoms with E-state index in [1.54, 1.807) is 7.11 Å². The van der Waals surface area contributed by atoms with Gasteiger partial charge >= 0.3 is 0 Å². The van der Waals surface area contributed by atoms with Gasteiger partial charge in [-0.25, -0.2) is 0 Å². The van der Waals surface area contributed by atoms with E-state index in [-0.39, 0.29) is 6.10 Å². The van der Waals surface area contributed by atoms with Crippen LogP contribution in [0, 0.1) is 0 Å². The summed E-state index contributed by atoms with van der Waals surface area (Å²) in [4.78, 5) is 4.48. The molecule has 3 rings (SSSR count). The van der Waals surface area contributed by atoms with Crippen LogP contribution in [0.1, 0.15) is 25.7 Å². The van der Waals surface area contributed by atoms with Gasteiger partial charge in [-0.15, -0.1) is 0 Å². The van der Waals surface area contributed by atoms with Crippen LogP contribution >= 0.6 is 11.6 Å².